The van der Waals surface area contributed by atoms with Gasteiger partial charge in [-0.15, -0.1) is 0 Å². The Morgan fingerprint density at radius 1 is 1.65 bits per heavy atom. The number of carbonyl (C=O) groups excluding carboxylic acids is 1. The molecule has 0 spiro atoms. The number of esters is 1. The quantitative estimate of drug-likeness (QED) is 0.746. The van der Waals surface area contributed by atoms with Crippen LogP contribution >= 0.6 is 0 Å². The van der Waals surface area contributed by atoms with Crippen LogP contribution in [0.4, 0.5) is 5.82 Å². The summed E-state index contributed by atoms with van der Waals surface area (Å²) in [5, 5.41) is 2.85. The van der Waals surface area contributed by atoms with E-state index in [2.05, 4.69) is 15.3 Å². The number of nitrogens with one attached hydrogen (secondary N) is 2. The molecular weight excluding hydrogens is 222 g/mol. The van der Waals surface area contributed by atoms with E-state index in [1.54, 1.807) is 6.92 Å². The maximum atomic E-state index is 11.7. The summed E-state index contributed by atoms with van der Waals surface area (Å²) in [6.07, 6.45) is 4.22. The molecular formula is C11H17N3O3. The zero-order valence-corrected chi connectivity index (χ0v) is 10.2. The molecule has 0 saturated carbocycles. The summed E-state index contributed by atoms with van der Waals surface area (Å²) in [5.74, 6) is -0.293. The van der Waals surface area contributed by atoms with E-state index in [1.807, 2.05) is 6.92 Å². The SMILES string of the molecule is CCCC(C)(Nc1ncc[nH]c1=O)C(=O)OC. The molecule has 0 amide bonds. The molecule has 1 aromatic rings. The Morgan fingerprint density at radius 2 is 2.35 bits per heavy atom. The minimum absolute atomic E-state index is 0.119. The number of carbonyl (C=O) groups is 1. The number of methoxy groups -OCH3 is 1. The fourth-order valence-electron chi connectivity index (χ4n) is 1.64. The molecule has 6 nitrogen and oxygen atoms in total. The van der Waals surface area contributed by atoms with Gasteiger partial charge in [-0.3, -0.25) is 4.79 Å². The van der Waals surface area contributed by atoms with Crippen LogP contribution in [0.2, 0.25) is 0 Å². The monoisotopic (exact) mass is 239 g/mol. The van der Waals surface area contributed by atoms with Gasteiger partial charge in [-0.1, -0.05) is 13.3 Å². The van der Waals surface area contributed by atoms with E-state index in [9.17, 15) is 9.59 Å². The third-order valence-electron chi connectivity index (χ3n) is 2.49. The molecule has 0 aliphatic rings. The zero-order chi connectivity index (χ0) is 12.9. The van der Waals surface area contributed by atoms with Crippen molar-refractivity contribution in [3.63, 3.8) is 0 Å². The van der Waals surface area contributed by atoms with Crippen molar-refractivity contribution in [2.24, 2.45) is 0 Å². The summed E-state index contributed by atoms with van der Waals surface area (Å²) in [6.45, 7) is 3.64. The van der Waals surface area contributed by atoms with Crippen molar-refractivity contribution in [3.8, 4) is 0 Å². The lowest BCUT2D eigenvalue weighted by Crippen LogP contribution is -2.45. The first kappa shape index (κ1) is 13.2. The van der Waals surface area contributed by atoms with Crippen molar-refractivity contribution >= 4 is 11.8 Å². The molecule has 2 N–H and O–H groups in total. The Kier molecular flexibility index (Phi) is 4.25. The summed E-state index contributed by atoms with van der Waals surface area (Å²) in [7, 11) is 1.32. The van der Waals surface area contributed by atoms with E-state index in [4.69, 9.17) is 4.74 Å². The molecule has 0 radical (unpaired) electrons. The molecule has 1 unspecified atom stereocenters. The largest absolute Gasteiger partial charge is 0.467 e. The average Bonchev–Trinajstić information content (AvgIpc) is 2.31. The number of anilines is 1. The molecule has 0 aliphatic heterocycles. The first-order valence-electron chi connectivity index (χ1n) is 5.44. The Balaban J connectivity index is 2.99. The highest BCUT2D eigenvalue weighted by Crippen LogP contribution is 2.18. The van der Waals surface area contributed by atoms with Gasteiger partial charge in [-0.2, -0.15) is 0 Å². The molecule has 1 aromatic heterocycles. The maximum absolute atomic E-state index is 11.7. The minimum atomic E-state index is -0.940. The van der Waals surface area contributed by atoms with Gasteiger partial charge in [0.1, 0.15) is 5.54 Å². The molecule has 0 saturated heterocycles. The normalized spacial score (nSPS) is 13.8. The second-order valence-corrected chi connectivity index (χ2v) is 3.97. The lowest BCUT2D eigenvalue weighted by atomic mass is 9.96. The molecule has 0 aromatic carbocycles. The van der Waals surface area contributed by atoms with Gasteiger partial charge in [0.2, 0.25) is 0 Å². The zero-order valence-electron chi connectivity index (χ0n) is 10.2. The van der Waals surface area contributed by atoms with Crippen molar-refractivity contribution in [1.29, 1.82) is 0 Å². The molecule has 0 bridgehead atoms. The second kappa shape index (κ2) is 5.47. The van der Waals surface area contributed by atoms with Gasteiger partial charge in [-0.25, -0.2) is 9.78 Å². The van der Waals surface area contributed by atoms with Crippen molar-refractivity contribution in [3.05, 3.63) is 22.7 Å². The molecule has 1 atom stereocenters. The molecule has 1 heterocycles. The van der Waals surface area contributed by atoms with Crippen LogP contribution in [-0.4, -0.2) is 28.6 Å². The van der Waals surface area contributed by atoms with Crippen LogP contribution in [-0.2, 0) is 9.53 Å². The van der Waals surface area contributed by atoms with Crippen LogP contribution in [0.3, 0.4) is 0 Å². The minimum Gasteiger partial charge on any atom is -0.467 e. The van der Waals surface area contributed by atoms with Crippen molar-refractivity contribution in [2.75, 3.05) is 12.4 Å². The van der Waals surface area contributed by atoms with Crippen molar-refractivity contribution in [1.82, 2.24) is 9.97 Å². The van der Waals surface area contributed by atoms with Crippen LogP contribution in [0, 0.1) is 0 Å². The first-order valence-corrected chi connectivity index (χ1v) is 5.44. The number of aromatic nitrogens is 2. The summed E-state index contributed by atoms with van der Waals surface area (Å²) < 4.78 is 4.74. The highest BCUT2D eigenvalue weighted by molar-refractivity contribution is 5.83. The van der Waals surface area contributed by atoms with Crippen molar-refractivity contribution in [2.45, 2.75) is 32.2 Å². The first-order chi connectivity index (χ1) is 8.03. The molecule has 17 heavy (non-hydrogen) atoms. The molecule has 94 valence electrons. The average molecular weight is 239 g/mol. The Morgan fingerprint density at radius 3 is 2.88 bits per heavy atom. The number of rotatable bonds is 5. The van der Waals surface area contributed by atoms with Crippen molar-refractivity contribution < 1.29 is 9.53 Å². The fraction of sp³-hybridized carbons (Fsp3) is 0.545. The van der Waals surface area contributed by atoms with Crippen LogP contribution in [0.5, 0.6) is 0 Å². The molecule has 1 rings (SSSR count). The standard InChI is InChI=1S/C11H17N3O3/c1-4-5-11(2,10(16)17-3)14-8-9(15)13-7-6-12-8/h6-7H,4-5H2,1-3H3,(H,12,14)(H,13,15). The van der Waals surface area contributed by atoms with Gasteiger partial charge in [0.25, 0.3) is 5.56 Å². The lowest BCUT2D eigenvalue weighted by molar-refractivity contribution is -0.145. The highest BCUT2D eigenvalue weighted by atomic mass is 16.5. The van der Waals surface area contributed by atoms with Crippen LogP contribution < -0.4 is 10.9 Å². The Hall–Kier alpha value is -1.85. The summed E-state index contributed by atoms with van der Waals surface area (Å²) in [6, 6.07) is 0. The third kappa shape index (κ3) is 3.05. The van der Waals surface area contributed by atoms with Gasteiger partial charge in [0.15, 0.2) is 5.82 Å². The number of aromatic amines is 1. The van der Waals surface area contributed by atoms with E-state index < -0.39 is 11.5 Å². The molecule has 0 fully saturated rings. The topological polar surface area (TPSA) is 84.1 Å². The summed E-state index contributed by atoms with van der Waals surface area (Å²) >= 11 is 0. The van der Waals surface area contributed by atoms with Crippen LogP contribution in [0.25, 0.3) is 0 Å². The van der Waals surface area contributed by atoms with Crippen LogP contribution in [0.15, 0.2) is 17.2 Å². The maximum Gasteiger partial charge on any atom is 0.331 e. The number of hydrogen-bond acceptors (Lipinski definition) is 5. The van der Waals surface area contributed by atoms with Gasteiger partial charge >= 0.3 is 5.97 Å². The number of nitrogens with zero attached hydrogens (tertiary/aromatic N) is 1. The van der Waals surface area contributed by atoms with E-state index in [1.165, 1.54) is 19.5 Å². The lowest BCUT2D eigenvalue weighted by Gasteiger charge is -2.27. The fourth-order valence-corrected chi connectivity index (χ4v) is 1.64. The molecule has 6 heteroatoms. The van der Waals surface area contributed by atoms with Gasteiger partial charge < -0.3 is 15.0 Å². The Labute approximate surface area is 99.4 Å². The predicted octanol–water partition coefficient (Wildman–Crippen LogP) is 0.914. The number of ether oxygens (including phenoxy) is 1. The highest BCUT2D eigenvalue weighted by Gasteiger charge is 2.34. The van der Waals surface area contributed by atoms with E-state index in [0.717, 1.165) is 6.42 Å². The number of hydrogen-bond donors (Lipinski definition) is 2. The van der Waals surface area contributed by atoms with E-state index in [-0.39, 0.29) is 11.4 Å². The van der Waals surface area contributed by atoms with Crippen LogP contribution in [0.1, 0.15) is 26.7 Å². The summed E-state index contributed by atoms with van der Waals surface area (Å²) in [4.78, 5) is 29.6. The van der Waals surface area contributed by atoms with Gasteiger partial charge in [0.05, 0.1) is 7.11 Å². The number of H-pyrrole nitrogens is 1. The van der Waals surface area contributed by atoms with E-state index in [0.29, 0.717) is 6.42 Å². The second-order valence-electron chi connectivity index (χ2n) is 3.97. The summed E-state index contributed by atoms with van der Waals surface area (Å²) in [5.41, 5.74) is -1.30. The van der Waals surface area contributed by atoms with Gasteiger partial charge in [-0.05, 0) is 13.3 Å². The smallest absolute Gasteiger partial charge is 0.331 e. The van der Waals surface area contributed by atoms with Gasteiger partial charge in [0, 0.05) is 12.4 Å². The predicted molar refractivity (Wildman–Crippen MR) is 63.8 cm³/mol. The molecule has 0 aliphatic carbocycles. The Bertz CT molecular complexity index is 444. The third-order valence-corrected chi connectivity index (χ3v) is 2.49. The van der Waals surface area contributed by atoms with E-state index >= 15 is 0 Å².